The van der Waals surface area contributed by atoms with Gasteiger partial charge in [-0.3, -0.25) is 0 Å². The van der Waals surface area contributed by atoms with E-state index in [1.54, 1.807) is 0 Å². The van der Waals surface area contributed by atoms with Crippen LogP contribution in [0.1, 0.15) is 18.5 Å². The normalized spacial score (nSPS) is 21.9. The average molecular weight is 252 g/mol. The molecular weight excluding hydrogens is 240 g/mol. The van der Waals surface area contributed by atoms with Crippen molar-refractivity contribution in [1.82, 2.24) is 9.97 Å². The van der Waals surface area contributed by atoms with Gasteiger partial charge in [0.25, 0.3) is 0 Å². The van der Waals surface area contributed by atoms with Crippen LogP contribution in [0.3, 0.4) is 0 Å². The number of hydrogen-bond donors (Lipinski definition) is 1. The summed E-state index contributed by atoms with van der Waals surface area (Å²) in [4.78, 5) is 7.81. The van der Waals surface area contributed by atoms with Gasteiger partial charge in [0.1, 0.15) is 6.07 Å². The summed E-state index contributed by atoms with van der Waals surface area (Å²) in [5.41, 5.74) is 0.183. The molecular formula is C10H12N4O2S. The van der Waals surface area contributed by atoms with Crippen LogP contribution in [0.15, 0.2) is 12.4 Å². The fraction of sp³-hybridized carbons (Fsp3) is 0.500. The van der Waals surface area contributed by atoms with Gasteiger partial charge in [0.15, 0.2) is 21.3 Å². The van der Waals surface area contributed by atoms with Gasteiger partial charge in [-0.05, 0) is 12.8 Å². The molecule has 0 saturated carbocycles. The van der Waals surface area contributed by atoms with Crippen molar-refractivity contribution in [3.63, 3.8) is 0 Å². The maximum absolute atomic E-state index is 11.6. The van der Waals surface area contributed by atoms with Crippen LogP contribution in [0.25, 0.3) is 0 Å². The van der Waals surface area contributed by atoms with E-state index >= 15 is 0 Å². The summed E-state index contributed by atoms with van der Waals surface area (Å²) in [6.45, 7) is 0.287. The SMILES string of the molecule is N#Cc1nccnc1NCC1CCCS1(=O)=O. The van der Waals surface area contributed by atoms with Gasteiger partial charge in [-0.25, -0.2) is 18.4 Å². The van der Waals surface area contributed by atoms with Crippen LogP contribution in [-0.2, 0) is 9.84 Å². The highest BCUT2D eigenvalue weighted by atomic mass is 32.2. The minimum atomic E-state index is -2.97. The van der Waals surface area contributed by atoms with Crippen LogP contribution >= 0.6 is 0 Å². The third kappa shape index (κ3) is 2.53. The van der Waals surface area contributed by atoms with E-state index in [9.17, 15) is 8.42 Å². The molecule has 6 nitrogen and oxygen atoms in total. The number of sulfone groups is 1. The highest BCUT2D eigenvalue weighted by molar-refractivity contribution is 7.92. The summed E-state index contributed by atoms with van der Waals surface area (Å²) >= 11 is 0. The molecule has 1 aliphatic rings. The lowest BCUT2D eigenvalue weighted by Gasteiger charge is -2.11. The third-order valence-electron chi connectivity index (χ3n) is 2.76. The molecule has 1 aliphatic heterocycles. The quantitative estimate of drug-likeness (QED) is 0.833. The van der Waals surface area contributed by atoms with E-state index < -0.39 is 9.84 Å². The fourth-order valence-corrected chi connectivity index (χ4v) is 3.61. The molecule has 0 amide bonds. The maximum Gasteiger partial charge on any atom is 0.182 e. The Morgan fingerprint density at radius 1 is 1.47 bits per heavy atom. The molecule has 90 valence electrons. The first-order valence-corrected chi connectivity index (χ1v) is 7.01. The Morgan fingerprint density at radius 2 is 2.24 bits per heavy atom. The Labute approximate surface area is 99.6 Å². The molecule has 1 N–H and O–H groups in total. The molecule has 0 aliphatic carbocycles. The summed E-state index contributed by atoms with van der Waals surface area (Å²) in [5.74, 6) is 0.599. The zero-order valence-electron chi connectivity index (χ0n) is 9.13. The zero-order chi connectivity index (χ0) is 12.3. The van der Waals surface area contributed by atoms with E-state index in [1.165, 1.54) is 12.4 Å². The molecule has 2 rings (SSSR count). The van der Waals surface area contributed by atoms with Crippen molar-refractivity contribution in [3.8, 4) is 6.07 Å². The van der Waals surface area contributed by atoms with Gasteiger partial charge < -0.3 is 5.32 Å². The number of aromatic nitrogens is 2. The third-order valence-corrected chi connectivity index (χ3v) is 5.04. The Balaban J connectivity index is 2.06. The molecule has 1 aromatic heterocycles. The molecule has 0 bridgehead atoms. The van der Waals surface area contributed by atoms with Gasteiger partial charge in [-0.1, -0.05) is 0 Å². The summed E-state index contributed by atoms with van der Waals surface area (Å²) in [7, 11) is -2.97. The van der Waals surface area contributed by atoms with Crippen molar-refractivity contribution < 1.29 is 8.42 Å². The van der Waals surface area contributed by atoms with E-state index in [1.807, 2.05) is 6.07 Å². The lowest BCUT2D eigenvalue weighted by Crippen LogP contribution is -2.25. The summed E-state index contributed by atoms with van der Waals surface area (Å²) < 4.78 is 23.2. The Bertz CT molecular complexity index is 550. The van der Waals surface area contributed by atoms with Crippen LogP contribution in [0, 0.1) is 11.3 Å². The number of anilines is 1. The van der Waals surface area contributed by atoms with Crippen LogP contribution in [0.5, 0.6) is 0 Å². The molecule has 1 aromatic rings. The predicted molar refractivity (Wildman–Crippen MR) is 62.0 cm³/mol. The molecule has 0 spiro atoms. The number of rotatable bonds is 3. The van der Waals surface area contributed by atoms with E-state index in [0.29, 0.717) is 18.7 Å². The zero-order valence-corrected chi connectivity index (χ0v) is 9.94. The largest absolute Gasteiger partial charge is 0.366 e. The molecule has 7 heteroatoms. The summed E-state index contributed by atoms with van der Waals surface area (Å²) in [6.07, 6.45) is 4.26. The van der Waals surface area contributed by atoms with Gasteiger partial charge in [-0.2, -0.15) is 5.26 Å². The second-order valence-corrected chi connectivity index (χ2v) is 6.28. The van der Waals surface area contributed by atoms with Gasteiger partial charge in [-0.15, -0.1) is 0 Å². The monoisotopic (exact) mass is 252 g/mol. The van der Waals surface area contributed by atoms with Crippen molar-refractivity contribution in [1.29, 1.82) is 5.26 Å². The Kier molecular flexibility index (Phi) is 3.24. The number of hydrogen-bond acceptors (Lipinski definition) is 6. The Morgan fingerprint density at radius 3 is 2.88 bits per heavy atom. The first-order chi connectivity index (χ1) is 8.13. The van der Waals surface area contributed by atoms with Gasteiger partial charge in [0.2, 0.25) is 0 Å². The van der Waals surface area contributed by atoms with E-state index in [0.717, 1.165) is 0 Å². The maximum atomic E-state index is 11.6. The van der Waals surface area contributed by atoms with Crippen molar-refractivity contribution in [2.75, 3.05) is 17.6 Å². The highest BCUT2D eigenvalue weighted by Gasteiger charge is 2.31. The van der Waals surface area contributed by atoms with Crippen molar-refractivity contribution in [3.05, 3.63) is 18.1 Å². The topological polar surface area (TPSA) is 95.7 Å². The van der Waals surface area contributed by atoms with Crippen LogP contribution in [0.4, 0.5) is 5.82 Å². The number of nitrogens with one attached hydrogen (secondary N) is 1. The molecule has 1 saturated heterocycles. The van der Waals surface area contributed by atoms with Crippen LogP contribution in [-0.4, -0.2) is 35.9 Å². The standard InChI is InChI=1S/C10H12N4O2S/c11-6-9-10(13-4-3-12-9)14-7-8-2-1-5-17(8,15)16/h3-4,8H,1-2,5,7H2,(H,13,14). The van der Waals surface area contributed by atoms with Gasteiger partial charge >= 0.3 is 0 Å². The minimum Gasteiger partial charge on any atom is -0.366 e. The molecule has 1 unspecified atom stereocenters. The lowest BCUT2D eigenvalue weighted by molar-refractivity contribution is 0.591. The van der Waals surface area contributed by atoms with Crippen LogP contribution < -0.4 is 5.32 Å². The highest BCUT2D eigenvalue weighted by Crippen LogP contribution is 2.20. The van der Waals surface area contributed by atoms with E-state index in [2.05, 4.69) is 15.3 Å². The fourth-order valence-electron chi connectivity index (χ4n) is 1.85. The molecule has 2 heterocycles. The lowest BCUT2D eigenvalue weighted by atomic mass is 10.2. The first-order valence-electron chi connectivity index (χ1n) is 5.30. The average Bonchev–Trinajstić information content (AvgIpc) is 2.66. The van der Waals surface area contributed by atoms with Gasteiger partial charge in [0.05, 0.1) is 11.0 Å². The second kappa shape index (κ2) is 4.67. The Hall–Kier alpha value is -1.68. The molecule has 1 atom stereocenters. The summed E-state index contributed by atoms with van der Waals surface area (Å²) in [6, 6.07) is 1.91. The summed E-state index contributed by atoms with van der Waals surface area (Å²) in [5, 5.41) is 11.3. The number of nitrogens with zero attached hydrogens (tertiary/aromatic N) is 3. The van der Waals surface area contributed by atoms with E-state index in [4.69, 9.17) is 5.26 Å². The van der Waals surface area contributed by atoms with Crippen molar-refractivity contribution in [2.24, 2.45) is 0 Å². The molecule has 0 radical (unpaired) electrons. The molecule has 17 heavy (non-hydrogen) atoms. The molecule has 1 fully saturated rings. The van der Waals surface area contributed by atoms with Crippen LogP contribution in [0.2, 0.25) is 0 Å². The number of nitriles is 1. The van der Waals surface area contributed by atoms with E-state index in [-0.39, 0.29) is 23.2 Å². The first kappa shape index (κ1) is 11.8. The van der Waals surface area contributed by atoms with Gasteiger partial charge in [0, 0.05) is 18.9 Å². The predicted octanol–water partition coefficient (Wildman–Crippen LogP) is 0.337. The minimum absolute atomic E-state index is 0.183. The van der Waals surface area contributed by atoms with Crippen molar-refractivity contribution >= 4 is 15.7 Å². The second-order valence-electron chi connectivity index (χ2n) is 3.88. The molecule has 0 aromatic carbocycles. The smallest absolute Gasteiger partial charge is 0.182 e. The van der Waals surface area contributed by atoms with Crippen molar-refractivity contribution in [2.45, 2.75) is 18.1 Å².